The van der Waals surface area contributed by atoms with Crippen LogP contribution in [0.4, 0.5) is 5.00 Å². The largest absolute Gasteiger partial charge is 0.480 e. The van der Waals surface area contributed by atoms with E-state index in [2.05, 4.69) is 0 Å². The third-order valence-electron chi connectivity index (χ3n) is 3.30. The highest BCUT2D eigenvalue weighted by molar-refractivity contribution is 7.18. The summed E-state index contributed by atoms with van der Waals surface area (Å²) in [6.45, 7) is 0.969. The third-order valence-corrected chi connectivity index (χ3v) is 5.36. The molecule has 0 spiro atoms. The molecular formula is C17H13Cl3N2O5S. The molecule has 0 aliphatic carbocycles. The number of anilines is 1. The van der Waals surface area contributed by atoms with E-state index in [-0.39, 0.29) is 55.0 Å². The Labute approximate surface area is 179 Å². The monoisotopic (exact) mass is 462 g/mol. The number of hydrogen-bond acceptors (Lipinski definition) is 8. The predicted octanol–water partition coefficient (Wildman–Crippen LogP) is 4.46. The lowest BCUT2D eigenvalue weighted by Gasteiger charge is -2.10. The standard InChI is InChI=1S/C17H13Cl3N2O5S/c1-2-25-17(24)15-9(8(5-21)16(22)28-15)6-27-14(23)7-26-13-4-11(19)10(18)3-12(13)20/h3-4H,2,6-7,22H2,1H3. The first-order valence-corrected chi connectivity index (χ1v) is 9.64. The summed E-state index contributed by atoms with van der Waals surface area (Å²) in [5.41, 5.74) is 6.00. The molecule has 0 atom stereocenters. The summed E-state index contributed by atoms with van der Waals surface area (Å²) in [6.07, 6.45) is 0. The van der Waals surface area contributed by atoms with Crippen LogP contribution in [-0.2, 0) is 20.9 Å². The number of nitrogens with zero attached hydrogens (tertiary/aromatic N) is 1. The number of ether oxygens (including phenoxy) is 3. The second kappa shape index (κ2) is 9.85. The topological polar surface area (TPSA) is 112 Å². The highest BCUT2D eigenvalue weighted by Gasteiger charge is 2.24. The van der Waals surface area contributed by atoms with Crippen LogP contribution in [-0.4, -0.2) is 25.2 Å². The molecule has 0 unspecified atom stereocenters. The summed E-state index contributed by atoms with van der Waals surface area (Å²) in [5, 5.41) is 10.00. The summed E-state index contributed by atoms with van der Waals surface area (Å²) >= 11 is 18.6. The van der Waals surface area contributed by atoms with E-state index in [0.29, 0.717) is 0 Å². The lowest BCUT2D eigenvalue weighted by molar-refractivity contribution is -0.147. The number of thiophene rings is 1. The zero-order valence-corrected chi connectivity index (χ0v) is 17.5. The molecule has 0 aliphatic heterocycles. The van der Waals surface area contributed by atoms with Crippen molar-refractivity contribution in [3.05, 3.63) is 43.2 Å². The number of halogens is 3. The van der Waals surface area contributed by atoms with Gasteiger partial charge in [-0.15, -0.1) is 11.3 Å². The fourth-order valence-electron chi connectivity index (χ4n) is 2.05. The van der Waals surface area contributed by atoms with Crippen LogP contribution in [0.3, 0.4) is 0 Å². The maximum Gasteiger partial charge on any atom is 0.348 e. The SMILES string of the molecule is CCOC(=O)c1sc(N)c(C#N)c1COC(=O)COc1cc(Cl)c(Cl)cc1Cl. The molecule has 1 aromatic heterocycles. The first-order valence-electron chi connectivity index (χ1n) is 7.69. The number of carbonyl (C=O) groups excluding carboxylic acids is 2. The van der Waals surface area contributed by atoms with Crippen molar-refractivity contribution >= 4 is 63.1 Å². The van der Waals surface area contributed by atoms with Crippen LogP contribution in [0, 0.1) is 11.3 Å². The Kier molecular flexibility index (Phi) is 7.78. The van der Waals surface area contributed by atoms with Crippen LogP contribution in [0.5, 0.6) is 5.75 Å². The molecule has 0 saturated heterocycles. The Morgan fingerprint density at radius 2 is 1.86 bits per heavy atom. The molecule has 0 fully saturated rings. The van der Waals surface area contributed by atoms with Crippen molar-refractivity contribution in [2.45, 2.75) is 13.5 Å². The third kappa shape index (κ3) is 5.20. The molecule has 1 heterocycles. The van der Waals surface area contributed by atoms with Crippen molar-refractivity contribution in [1.29, 1.82) is 5.26 Å². The maximum atomic E-state index is 12.0. The van der Waals surface area contributed by atoms with Crippen LogP contribution in [0.2, 0.25) is 15.1 Å². The van der Waals surface area contributed by atoms with Gasteiger partial charge >= 0.3 is 11.9 Å². The van der Waals surface area contributed by atoms with Gasteiger partial charge in [-0.25, -0.2) is 9.59 Å². The van der Waals surface area contributed by atoms with Gasteiger partial charge in [0.05, 0.1) is 27.2 Å². The quantitative estimate of drug-likeness (QED) is 0.476. The summed E-state index contributed by atoms with van der Waals surface area (Å²) in [4.78, 5) is 24.1. The Balaban J connectivity index is 2.06. The van der Waals surface area contributed by atoms with Gasteiger partial charge in [-0.3, -0.25) is 0 Å². The van der Waals surface area contributed by atoms with Crippen molar-refractivity contribution < 1.29 is 23.8 Å². The zero-order valence-electron chi connectivity index (χ0n) is 14.4. The highest BCUT2D eigenvalue weighted by atomic mass is 35.5. The van der Waals surface area contributed by atoms with E-state index >= 15 is 0 Å². The minimum Gasteiger partial charge on any atom is -0.480 e. The fourth-order valence-corrected chi connectivity index (χ4v) is 3.56. The number of benzene rings is 1. The normalized spacial score (nSPS) is 10.2. The van der Waals surface area contributed by atoms with Gasteiger partial charge in [-0.05, 0) is 13.0 Å². The van der Waals surface area contributed by atoms with Gasteiger partial charge in [0.1, 0.15) is 28.3 Å². The van der Waals surface area contributed by atoms with Crippen LogP contribution < -0.4 is 10.5 Å². The molecule has 148 valence electrons. The van der Waals surface area contributed by atoms with Crippen molar-refractivity contribution in [3.63, 3.8) is 0 Å². The smallest absolute Gasteiger partial charge is 0.348 e. The van der Waals surface area contributed by atoms with Gasteiger partial charge in [-0.2, -0.15) is 5.26 Å². The van der Waals surface area contributed by atoms with E-state index in [1.54, 1.807) is 6.92 Å². The minimum absolute atomic E-state index is 0.0642. The van der Waals surface area contributed by atoms with E-state index in [4.69, 9.17) is 54.7 Å². The Hall–Kier alpha value is -2.18. The van der Waals surface area contributed by atoms with Crippen molar-refractivity contribution in [2.75, 3.05) is 18.9 Å². The predicted molar refractivity (Wildman–Crippen MR) is 106 cm³/mol. The van der Waals surface area contributed by atoms with Gasteiger partial charge in [0.2, 0.25) is 0 Å². The number of carbonyl (C=O) groups is 2. The van der Waals surface area contributed by atoms with E-state index < -0.39 is 18.5 Å². The summed E-state index contributed by atoms with van der Waals surface area (Å²) in [6, 6.07) is 4.64. The second-order valence-corrected chi connectivity index (χ2v) is 7.40. The van der Waals surface area contributed by atoms with Crippen molar-refractivity contribution in [1.82, 2.24) is 0 Å². The fraction of sp³-hybridized carbons (Fsp3) is 0.235. The Morgan fingerprint density at radius 3 is 2.50 bits per heavy atom. The molecular weight excluding hydrogens is 451 g/mol. The number of nitrogens with two attached hydrogens (primary N) is 1. The molecule has 0 radical (unpaired) electrons. The van der Waals surface area contributed by atoms with E-state index in [0.717, 1.165) is 11.3 Å². The van der Waals surface area contributed by atoms with Gasteiger partial charge < -0.3 is 19.9 Å². The molecule has 2 aromatic rings. The average Bonchev–Trinajstić information content (AvgIpc) is 2.97. The minimum atomic E-state index is -0.759. The Morgan fingerprint density at radius 1 is 1.18 bits per heavy atom. The van der Waals surface area contributed by atoms with E-state index in [1.807, 2.05) is 6.07 Å². The average molecular weight is 464 g/mol. The van der Waals surface area contributed by atoms with Crippen LogP contribution >= 0.6 is 46.1 Å². The Bertz CT molecular complexity index is 955. The van der Waals surface area contributed by atoms with Gasteiger partial charge in [0, 0.05) is 11.6 Å². The van der Waals surface area contributed by atoms with Crippen molar-refractivity contribution in [2.24, 2.45) is 0 Å². The summed E-state index contributed by atoms with van der Waals surface area (Å²) in [5.74, 6) is -1.26. The van der Waals surface area contributed by atoms with Crippen molar-refractivity contribution in [3.8, 4) is 11.8 Å². The van der Waals surface area contributed by atoms with E-state index in [9.17, 15) is 14.9 Å². The first-order chi connectivity index (χ1) is 13.3. The summed E-state index contributed by atoms with van der Waals surface area (Å²) in [7, 11) is 0. The van der Waals surface area contributed by atoms with Crippen LogP contribution in [0.15, 0.2) is 12.1 Å². The molecule has 0 bridgehead atoms. The van der Waals surface area contributed by atoms with Gasteiger partial charge in [0.15, 0.2) is 6.61 Å². The molecule has 7 nitrogen and oxygen atoms in total. The molecule has 1 aromatic carbocycles. The zero-order chi connectivity index (χ0) is 20.8. The van der Waals surface area contributed by atoms with Crippen LogP contribution in [0.1, 0.15) is 27.7 Å². The number of esters is 2. The molecule has 0 saturated carbocycles. The number of nitrogen functional groups attached to an aromatic ring is 1. The molecule has 0 amide bonds. The first kappa shape index (κ1) is 22.1. The van der Waals surface area contributed by atoms with Gasteiger partial charge in [-0.1, -0.05) is 34.8 Å². The maximum absolute atomic E-state index is 12.0. The number of nitriles is 1. The molecule has 2 rings (SSSR count). The second-order valence-electron chi connectivity index (χ2n) is 5.13. The summed E-state index contributed by atoms with van der Waals surface area (Å²) < 4.78 is 15.3. The lowest BCUT2D eigenvalue weighted by atomic mass is 10.1. The highest BCUT2D eigenvalue weighted by Crippen LogP contribution is 2.34. The molecule has 11 heteroatoms. The van der Waals surface area contributed by atoms with E-state index in [1.165, 1.54) is 12.1 Å². The number of rotatable bonds is 7. The number of hydrogen-bond donors (Lipinski definition) is 1. The van der Waals surface area contributed by atoms with Gasteiger partial charge in [0.25, 0.3) is 0 Å². The van der Waals surface area contributed by atoms with Crippen LogP contribution in [0.25, 0.3) is 0 Å². The molecule has 28 heavy (non-hydrogen) atoms. The molecule has 2 N–H and O–H groups in total. The molecule has 0 aliphatic rings. The lowest BCUT2D eigenvalue weighted by Crippen LogP contribution is -2.16.